The van der Waals surface area contributed by atoms with Crippen molar-refractivity contribution in [1.29, 1.82) is 0 Å². The lowest BCUT2D eigenvalue weighted by Gasteiger charge is -2.29. The topological polar surface area (TPSA) is 69.8 Å². The van der Waals surface area contributed by atoms with Crippen molar-refractivity contribution in [2.45, 2.75) is 58.9 Å². The second-order valence-corrected chi connectivity index (χ2v) is 6.99. The zero-order chi connectivity index (χ0) is 18.2. The summed E-state index contributed by atoms with van der Waals surface area (Å²) in [5.41, 5.74) is 0. The number of aliphatic imine (C=N–C) groups is 1. The Morgan fingerprint density at radius 1 is 1.44 bits per heavy atom. The highest BCUT2D eigenvalue weighted by molar-refractivity contribution is 5.79. The molecule has 142 valence electrons. The Bertz CT molecular complexity index is 541. The number of hydrogen-bond donors (Lipinski definition) is 1. The molecule has 1 fully saturated rings. The first kappa shape index (κ1) is 19.7. The standard InChI is InChI=1S/C18H34N6O/c1-6-19-18(23(5)13-15-9-8-12-24(15)7-2)20-11-10-16-21-17(14(3)4)22-25-16/h14-15H,6-13H2,1-5H3,(H,19,20). The molecule has 1 aromatic rings. The fraction of sp³-hybridized carbons (Fsp3) is 0.833. The fourth-order valence-corrected chi connectivity index (χ4v) is 3.25. The predicted octanol–water partition coefficient (Wildman–Crippen LogP) is 2.12. The number of guanidine groups is 1. The summed E-state index contributed by atoms with van der Waals surface area (Å²) in [6, 6.07) is 0.628. The van der Waals surface area contributed by atoms with Gasteiger partial charge in [0.25, 0.3) is 0 Å². The van der Waals surface area contributed by atoms with Gasteiger partial charge in [-0.05, 0) is 32.9 Å². The molecule has 0 aromatic carbocycles. The first-order valence-corrected chi connectivity index (χ1v) is 9.61. The van der Waals surface area contributed by atoms with E-state index in [0.717, 1.165) is 31.4 Å². The van der Waals surface area contributed by atoms with Gasteiger partial charge in [-0.1, -0.05) is 25.9 Å². The van der Waals surface area contributed by atoms with E-state index in [-0.39, 0.29) is 5.92 Å². The summed E-state index contributed by atoms with van der Waals surface area (Å²) in [5.74, 6) is 2.68. The van der Waals surface area contributed by atoms with Crippen LogP contribution in [0.4, 0.5) is 0 Å². The van der Waals surface area contributed by atoms with E-state index in [1.54, 1.807) is 0 Å². The van der Waals surface area contributed by atoms with Crippen molar-refractivity contribution >= 4 is 5.96 Å². The van der Waals surface area contributed by atoms with Gasteiger partial charge >= 0.3 is 0 Å². The Morgan fingerprint density at radius 2 is 2.24 bits per heavy atom. The molecule has 1 saturated heterocycles. The minimum Gasteiger partial charge on any atom is -0.357 e. The van der Waals surface area contributed by atoms with Crippen molar-refractivity contribution in [3.8, 4) is 0 Å². The summed E-state index contributed by atoms with van der Waals surface area (Å²) in [7, 11) is 2.12. The van der Waals surface area contributed by atoms with E-state index in [2.05, 4.69) is 60.0 Å². The van der Waals surface area contributed by atoms with E-state index in [1.807, 2.05) is 0 Å². The Morgan fingerprint density at radius 3 is 2.88 bits per heavy atom. The van der Waals surface area contributed by atoms with Crippen LogP contribution < -0.4 is 5.32 Å². The van der Waals surface area contributed by atoms with Gasteiger partial charge in [-0.3, -0.25) is 9.89 Å². The first-order valence-electron chi connectivity index (χ1n) is 9.61. The van der Waals surface area contributed by atoms with Gasteiger partial charge < -0.3 is 14.7 Å². The van der Waals surface area contributed by atoms with E-state index in [1.165, 1.54) is 19.4 Å². The van der Waals surface area contributed by atoms with Crippen LogP contribution in [0.1, 0.15) is 58.2 Å². The van der Waals surface area contributed by atoms with E-state index in [4.69, 9.17) is 9.52 Å². The lowest BCUT2D eigenvalue weighted by atomic mass is 10.2. The number of hydrogen-bond acceptors (Lipinski definition) is 5. The van der Waals surface area contributed by atoms with Crippen LogP contribution in [-0.2, 0) is 6.42 Å². The molecule has 1 aliphatic rings. The van der Waals surface area contributed by atoms with Gasteiger partial charge in [0.2, 0.25) is 5.89 Å². The second-order valence-electron chi connectivity index (χ2n) is 6.99. The third-order valence-corrected chi connectivity index (χ3v) is 4.67. The summed E-state index contributed by atoms with van der Waals surface area (Å²) in [5, 5.41) is 7.39. The molecule has 1 aliphatic heterocycles. The maximum absolute atomic E-state index is 5.29. The predicted molar refractivity (Wildman–Crippen MR) is 101 cm³/mol. The van der Waals surface area contributed by atoms with Crippen LogP contribution in [-0.4, -0.2) is 71.7 Å². The van der Waals surface area contributed by atoms with Crippen molar-refractivity contribution in [3.05, 3.63) is 11.7 Å². The van der Waals surface area contributed by atoms with Crippen LogP contribution in [0.25, 0.3) is 0 Å². The smallest absolute Gasteiger partial charge is 0.228 e. The average Bonchev–Trinajstić information content (AvgIpc) is 3.23. The molecule has 1 N–H and O–H groups in total. The third-order valence-electron chi connectivity index (χ3n) is 4.67. The molecular formula is C18H34N6O. The summed E-state index contributed by atoms with van der Waals surface area (Å²) in [6.45, 7) is 13.3. The molecule has 0 saturated carbocycles. The normalized spacial score (nSPS) is 19.0. The molecule has 7 heteroatoms. The van der Waals surface area contributed by atoms with E-state index < -0.39 is 0 Å². The third kappa shape index (κ3) is 5.70. The lowest BCUT2D eigenvalue weighted by Crippen LogP contribution is -2.46. The first-order chi connectivity index (χ1) is 12.0. The molecule has 0 bridgehead atoms. The molecule has 1 atom stereocenters. The Hall–Kier alpha value is -1.63. The highest BCUT2D eigenvalue weighted by atomic mass is 16.5. The van der Waals surface area contributed by atoms with Crippen molar-refractivity contribution in [1.82, 2.24) is 25.3 Å². The number of likely N-dealkylation sites (tertiary alicyclic amines) is 1. The molecule has 7 nitrogen and oxygen atoms in total. The van der Waals surface area contributed by atoms with Gasteiger partial charge in [-0.25, -0.2) is 0 Å². The van der Waals surface area contributed by atoms with Crippen molar-refractivity contribution in [2.24, 2.45) is 4.99 Å². The van der Waals surface area contributed by atoms with Crippen LogP contribution in [0, 0.1) is 0 Å². The summed E-state index contributed by atoms with van der Waals surface area (Å²) in [6.07, 6.45) is 3.25. The highest BCUT2D eigenvalue weighted by Gasteiger charge is 2.24. The van der Waals surface area contributed by atoms with E-state index in [0.29, 0.717) is 24.9 Å². The van der Waals surface area contributed by atoms with Gasteiger partial charge in [0.05, 0.1) is 6.54 Å². The molecule has 2 rings (SSSR count). The average molecular weight is 351 g/mol. The van der Waals surface area contributed by atoms with Crippen LogP contribution in [0.5, 0.6) is 0 Å². The monoisotopic (exact) mass is 350 g/mol. The van der Waals surface area contributed by atoms with Crippen LogP contribution in [0.3, 0.4) is 0 Å². The van der Waals surface area contributed by atoms with Crippen LogP contribution in [0.2, 0.25) is 0 Å². The van der Waals surface area contributed by atoms with E-state index in [9.17, 15) is 0 Å². The maximum atomic E-state index is 5.29. The summed E-state index contributed by atoms with van der Waals surface area (Å²) >= 11 is 0. The molecule has 1 unspecified atom stereocenters. The number of rotatable bonds is 8. The zero-order valence-corrected chi connectivity index (χ0v) is 16.5. The molecule has 25 heavy (non-hydrogen) atoms. The van der Waals surface area contributed by atoms with Crippen molar-refractivity contribution in [2.75, 3.05) is 39.8 Å². The van der Waals surface area contributed by atoms with Gasteiger partial charge in [0, 0.05) is 38.5 Å². The molecule has 0 aliphatic carbocycles. The minimum absolute atomic E-state index is 0.289. The minimum atomic E-state index is 0.289. The Kier molecular flexibility index (Phi) is 7.68. The summed E-state index contributed by atoms with van der Waals surface area (Å²) in [4.78, 5) is 14.0. The van der Waals surface area contributed by atoms with Crippen molar-refractivity contribution < 1.29 is 4.52 Å². The molecule has 0 amide bonds. The molecule has 0 radical (unpaired) electrons. The molecule has 2 heterocycles. The van der Waals surface area contributed by atoms with Gasteiger partial charge in [-0.2, -0.15) is 4.98 Å². The molecule has 0 spiro atoms. The Balaban J connectivity index is 1.89. The molecule has 1 aromatic heterocycles. The molecular weight excluding hydrogens is 316 g/mol. The fourth-order valence-electron chi connectivity index (χ4n) is 3.25. The zero-order valence-electron chi connectivity index (χ0n) is 16.5. The highest BCUT2D eigenvalue weighted by Crippen LogP contribution is 2.17. The number of likely N-dealkylation sites (N-methyl/N-ethyl adjacent to an activating group) is 2. The van der Waals surface area contributed by atoms with Crippen LogP contribution in [0.15, 0.2) is 9.52 Å². The second kappa shape index (κ2) is 9.75. The maximum Gasteiger partial charge on any atom is 0.228 e. The van der Waals surface area contributed by atoms with Gasteiger partial charge in [0.1, 0.15) is 0 Å². The van der Waals surface area contributed by atoms with Gasteiger partial charge in [0.15, 0.2) is 11.8 Å². The number of nitrogens with one attached hydrogen (secondary N) is 1. The Labute approximate surface area is 151 Å². The number of nitrogens with zero attached hydrogens (tertiary/aromatic N) is 5. The van der Waals surface area contributed by atoms with E-state index >= 15 is 0 Å². The van der Waals surface area contributed by atoms with Crippen LogP contribution >= 0.6 is 0 Å². The van der Waals surface area contributed by atoms with Crippen molar-refractivity contribution in [3.63, 3.8) is 0 Å². The largest absolute Gasteiger partial charge is 0.357 e. The van der Waals surface area contributed by atoms with Gasteiger partial charge in [-0.15, -0.1) is 0 Å². The quantitative estimate of drug-likeness (QED) is 0.572. The lowest BCUT2D eigenvalue weighted by molar-refractivity contribution is 0.232. The SMILES string of the molecule is CCNC(=NCCc1nc(C(C)C)no1)N(C)CC1CCCN1CC. The number of aromatic nitrogens is 2. The summed E-state index contributed by atoms with van der Waals surface area (Å²) < 4.78 is 5.29.